The zero-order chi connectivity index (χ0) is 19.3. The van der Waals surface area contributed by atoms with E-state index in [0.29, 0.717) is 4.57 Å². The maximum atomic E-state index is 14.9. The molecule has 2 fully saturated rings. The van der Waals surface area contributed by atoms with Gasteiger partial charge in [0, 0.05) is 12.3 Å². The van der Waals surface area contributed by atoms with Gasteiger partial charge in [-0.2, -0.15) is 0 Å². The summed E-state index contributed by atoms with van der Waals surface area (Å²) < 4.78 is 75.1. The number of fused-ring (bicyclic) bond motifs is 1. The minimum Gasteiger partial charge on any atom is -0.337 e. The Bertz CT molecular complexity index is 844. The van der Waals surface area contributed by atoms with Gasteiger partial charge >= 0.3 is 13.5 Å². The molecule has 13 heteroatoms. The van der Waals surface area contributed by atoms with Crippen LogP contribution in [0.25, 0.3) is 0 Å². The summed E-state index contributed by atoms with van der Waals surface area (Å²) in [4.78, 5) is 24.8. The normalized spacial score (nSPS) is 37.3. The van der Waals surface area contributed by atoms with E-state index < -0.39 is 62.3 Å². The summed E-state index contributed by atoms with van der Waals surface area (Å²) in [7, 11) is -4.30. The Labute approximate surface area is 144 Å². The van der Waals surface area contributed by atoms with E-state index in [1.54, 1.807) is 0 Å². The molecule has 0 amide bonds. The molecule has 3 rings (SSSR count). The van der Waals surface area contributed by atoms with Crippen LogP contribution < -0.4 is 11.2 Å². The number of aromatic nitrogens is 2. The molecule has 0 aromatic carbocycles. The summed E-state index contributed by atoms with van der Waals surface area (Å²) in [6, 6.07) is 0.901. The summed E-state index contributed by atoms with van der Waals surface area (Å²) >= 11 is 0. The van der Waals surface area contributed by atoms with Gasteiger partial charge in [-0.1, -0.05) is 0 Å². The van der Waals surface area contributed by atoms with Gasteiger partial charge in [-0.05, 0) is 13.8 Å². The number of phosphoric acid groups is 1. The first-order valence-corrected chi connectivity index (χ1v) is 9.07. The van der Waals surface area contributed by atoms with Crippen LogP contribution in [0.2, 0.25) is 0 Å². The van der Waals surface area contributed by atoms with Gasteiger partial charge in [-0.3, -0.25) is 27.9 Å². The summed E-state index contributed by atoms with van der Waals surface area (Å²) in [5.41, 5.74) is -4.40. The van der Waals surface area contributed by atoms with E-state index in [1.165, 1.54) is 13.8 Å². The Morgan fingerprint density at radius 3 is 2.69 bits per heavy atom. The predicted octanol–water partition coefficient (Wildman–Crippen LogP) is 1.36. The van der Waals surface area contributed by atoms with Gasteiger partial charge in [-0.25, -0.2) is 22.5 Å². The van der Waals surface area contributed by atoms with E-state index in [0.717, 1.165) is 12.3 Å². The number of aromatic amines is 1. The summed E-state index contributed by atoms with van der Waals surface area (Å²) in [5, 5.41) is 0. The van der Waals surface area contributed by atoms with Crippen LogP contribution >= 0.6 is 7.82 Å². The SMILES string of the molecule is CC(C)OP1(=O)OC[C@@]2(C(F)F)O[C@@H](n3ccc(=O)[nH]c3=O)[C@H](F)[C@@H]2O1. The summed E-state index contributed by atoms with van der Waals surface area (Å²) in [6.07, 6.45) is -9.17. The molecule has 146 valence electrons. The van der Waals surface area contributed by atoms with Crippen molar-refractivity contribution in [1.82, 2.24) is 9.55 Å². The Kier molecular flexibility index (Phi) is 4.91. The van der Waals surface area contributed by atoms with Crippen LogP contribution in [0.4, 0.5) is 13.2 Å². The highest BCUT2D eigenvalue weighted by Gasteiger charge is 2.67. The smallest absolute Gasteiger partial charge is 0.337 e. The quantitative estimate of drug-likeness (QED) is 0.760. The second kappa shape index (κ2) is 6.61. The van der Waals surface area contributed by atoms with E-state index in [1.807, 2.05) is 4.98 Å². The van der Waals surface area contributed by atoms with Gasteiger partial charge in [0.1, 0.15) is 6.10 Å². The number of alkyl halides is 3. The lowest BCUT2D eigenvalue weighted by molar-refractivity contribution is -0.208. The number of rotatable bonds is 4. The minimum absolute atomic E-state index is 0.603. The molecule has 2 aliphatic heterocycles. The van der Waals surface area contributed by atoms with Gasteiger partial charge in [0.2, 0.25) is 0 Å². The monoisotopic (exact) mass is 400 g/mol. The van der Waals surface area contributed by atoms with Crippen LogP contribution in [0.3, 0.4) is 0 Å². The van der Waals surface area contributed by atoms with E-state index in [4.69, 9.17) is 18.3 Å². The molecule has 3 heterocycles. The number of hydrogen-bond donors (Lipinski definition) is 1. The fraction of sp³-hybridized carbons (Fsp3) is 0.692. The molecule has 2 aliphatic rings. The minimum atomic E-state index is -4.30. The number of nitrogens with one attached hydrogen (secondary N) is 1. The highest BCUT2D eigenvalue weighted by Crippen LogP contribution is 2.61. The Balaban J connectivity index is 1.99. The molecule has 0 bridgehead atoms. The first kappa shape index (κ1) is 19.3. The molecule has 5 atom stereocenters. The van der Waals surface area contributed by atoms with Crippen LogP contribution in [0.5, 0.6) is 0 Å². The predicted molar refractivity (Wildman–Crippen MR) is 79.7 cm³/mol. The topological polar surface area (TPSA) is 109 Å². The van der Waals surface area contributed by atoms with Crippen molar-refractivity contribution in [3.63, 3.8) is 0 Å². The Morgan fingerprint density at radius 2 is 2.12 bits per heavy atom. The average Bonchev–Trinajstić information content (AvgIpc) is 2.80. The first-order chi connectivity index (χ1) is 12.1. The van der Waals surface area contributed by atoms with Crippen LogP contribution in [-0.4, -0.2) is 46.6 Å². The third kappa shape index (κ3) is 3.16. The van der Waals surface area contributed by atoms with Crippen LogP contribution in [0.15, 0.2) is 21.9 Å². The molecule has 9 nitrogen and oxygen atoms in total. The molecule has 1 aromatic rings. The van der Waals surface area contributed by atoms with E-state index in [-0.39, 0.29) is 0 Å². The van der Waals surface area contributed by atoms with E-state index in [9.17, 15) is 27.3 Å². The van der Waals surface area contributed by atoms with Crippen LogP contribution in [-0.2, 0) is 22.9 Å². The Morgan fingerprint density at radius 1 is 1.42 bits per heavy atom. The Hall–Kier alpha value is -1.46. The molecular formula is C13H16F3N2O7P. The van der Waals surface area contributed by atoms with Gasteiger partial charge in [-0.15, -0.1) is 0 Å². The molecule has 1 aromatic heterocycles. The molecule has 0 radical (unpaired) electrons. The standard InChI is InChI=1S/C13H16F3N2O7P/c1-6(2)24-26(21)22-5-13(11(15)16)9(25-26)8(14)10(23-13)18-4-3-7(19)17-12(18)20/h3-4,6,8-11H,5H2,1-2H3,(H,17,19,20)/t8-,9+,10-,13-,26?/m1/s1. The fourth-order valence-corrected chi connectivity index (χ4v) is 4.40. The maximum Gasteiger partial charge on any atom is 0.475 e. The summed E-state index contributed by atoms with van der Waals surface area (Å²) in [6.45, 7) is 2.04. The lowest BCUT2D eigenvalue weighted by Crippen LogP contribution is -2.55. The van der Waals surface area contributed by atoms with Crippen LogP contribution in [0, 0.1) is 0 Å². The van der Waals surface area contributed by atoms with Gasteiger partial charge < -0.3 is 4.74 Å². The molecule has 0 saturated carbocycles. The van der Waals surface area contributed by atoms with Crippen molar-refractivity contribution in [3.8, 4) is 0 Å². The first-order valence-electron chi connectivity index (χ1n) is 7.61. The molecule has 2 saturated heterocycles. The van der Waals surface area contributed by atoms with Crippen molar-refractivity contribution in [2.45, 2.75) is 50.5 Å². The van der Waals surface area contributed by atoms with Gasteiger partial charge in [0.25, 0.3) is 12.0 Å². The number of H-pyrrole nitrogens is 1. The van der Waals surface area contributed by atoms with E-state index in [2.05, 4.69) is 0 Å². The van der Waals surface area contributed by atoms with Gasteiger partial charge in [0.05, 0.1) is 12.7 Å². The van der Waals surface area contributed by atoms with Crippen molar-refractivity contribution in [3.05, 3.63) is 33.1 Å². The largest absolute Gasteiger partial charge is 0.475 e. The third-order valence-electron chi connectivity index (χ3n) is 3.91. The molecule has 1 N–H and O–H groups in total. The zero-order valence-corrected chi connectivity index (χ0v) is 14.5. The van der Waals surface area contributed by atoms with Crippen molar-refractivity contribution in [2.24, 2.45) is 0 Å². The van der Waals surface area contributed by atoms with Crippen LogP contribution in [0.1, 0.15) is 20.1 Å². The van der Waals surface area contributed by atoms with E-state index >= 15 is 0 Å². The second-order valence-electron chi connectivity index (χ2n) is 6.13. The molecular weight excluding hydrogens is 384 g/mol. The molecule has 1 unspecified atom stereocenters. The second-order valence-corrected chi connectivity index (χ2v) is 7.70. The molecule has 26 heavy (non-hydrogen) atoms. The van der Waals surface area contributed by atoms with Crippen molar-refractivity contribution >= 4 is 7.82 Å². The zero-order valence-electron chi connectivity index (χ0n) is 13.6. The van der Waals surface area contributed by atoms with Crippen molar-refractivity contribution in [2.75, 3.05) is 6.61 Å². The van der Waals surface area contributed by atoms with Crippen molar-refractivity contribution in [1.29, 1.82) is 0 Å². The van der Waals surface area contributed by atoms with Gasteiger partial charge in [0.15, 0.2) is 18.0 Å². The lowest BCUT2D eigenvalue weighted by Gasteiger charge is -2.39. The highest BCUT2D eigenvalue weighted by atomic mass is 31.2. The molecule has 0 aliphatic carbocycles. The summed E-state index contributed by atoms with van der Waals surface area (Å²) in [5.74, 6) is 0. The number of nitrogens with zero attached hydrogens (tertiary/aromatic N) is 1. The number of ether oxygens (including phenoxy) is 1. The molecule has 0 spiro atoms. The number of halogens is 3. The number of hydrogen-bond acceptors (Lipinski definition) is 7. The maximum absolute atomic E-state index is 14.9. The fourth-order valence-electron chi connectivity index (χ4n) is 2.78. The number of phosphoric ester groups is 1. The highest BCUT2D eigenvalue weighted by molar-refractivity contribution is 7.48. The van der Waals surface area contributed by atoms with Crippen molar-refractivity contribution < 1.29 is 36.0 Å². The lowest BCUT2D eigenvalue weighted by atomic mass is 9.97. The third-order valence-corrected chi connectivity index (χ3v) is 5.52. The average molecular weight is 400 g/mol.